The van der Waals surface area contributed by atoms with Gasteiger partial charge in [-0.2, -0.15) is 0 Å². The summed E-state index contributed by atoms with van der Waals surface area (Å²) >= 11 is 0. The van der Waals surface area contributed by atoms with Crippen molar-refractivity contribution >= 4 is 12.3 Å². The smallest absolute Gasteiger partial charge is 0.113 e. The number of dihydropyridines is 1. The van der Waals surface area contributed by atoms with E-state index in [1.54, 1.807) is 0 Å². The first-order valence-electron chi connectivity index (χ1n) is 6.37. The van der Waals surface area contributed by atoms with Crippen LogP contribution < -0.4 is 0 Å². The molecule has 0 spiro atoms. The van der Waals surface area contributed by atoms with Crippen LogP contribution >= 0.6 is 0 Å². The van der Waals surface area contributed by atoms with Crippen molar-refractivity contribution in [1.82, 2.24) is 4.98 Å². The van der Waals surface area contributed by atoms with Crippen LogP contribution in [0, 0.1) is 12.3 Å². The maximum atomic E-state index is 4.77. The Balaban J connectivity index is 2.34. The average Bonchev–Trinajstić information content (AvgIpc) is 2.33. The van der Waals surface area contributed by atoms with E-state index in [0.29, 0.717) is 0 Å². The van der Waals surface area contributed by atoms with Crippen LogP contribution in [-0.4, -0.2) is 11.2 Å². The van der Waals surface area contributed by atoms with E-state index in [0.717, 1.165) is 5.69 Å². The molecule has 0 saturated carbocycles. The Morgan fingerprint density at radius 3 is 2.72 bits per heavy atom. The number of allylic oxidation sites excluding steroid dienone is 1. The summed E-state index contributed by atoms with van der Waals surface area (Å²) in [5, 5.41) is 0. The molecule has 2 heteroatoms. The van der Waals surface area contributed by atoms with Crippen molar-refractivity contribution in [2.75, 3.05) is 0 Å². The van der Waals surface area contributed by atoms with Gasteiger partial charge in [0.15, 0.2) is 0 Å². The van der Waals surface area contributed by atoms with Crippen LogP contribution in [0.2, 0.25) is 0 Å². The number of aryl methyl sites for hydroxylation is 1. The largest absolute Gasteiger partial charge is 0.279 e. The molecule has 2 aliphatic rings. The first kappa shape index (κ1) is 11.4. The summed E-state index contributed by atoms with van der Waals surface area (Å²) in [6.07, 6.45) is 10.4. The molecule has 0 amide bonds. The molecule has 18 heavy (non-hydrogen) atoms. The fourth-order valence-electron chi connectivity index (χ4n) is 3.01. The highest BCUT2D eigenvalue weighted by Gasteiger charge is 2.50. The van der Waals surface area contributed by atoms with E-state index in [9.17, 15) is 0 Å². The number of aromatic nitrogens is 1. The Labute approximate surface area is 108 Å². The lowest BCUT2D eigenvalue weighted by molar-refractivity contribution is 0.262. The summed E-state index contributed by atoms with van der Waals surface area (Å²) < 4.78 is 0. The lowest BCUT2D eigenvalue weighted by Crippen LogP contribution is -2.44. The van der Waals surface area contributed by atoms with Gasteiger partial charge in [-0.1, -0.05) is 17.7 Å². The van der Waals surface area contributed by atoms with Crippen LogP contribution in [0.5, 0.6) is 0 Å². The fraction of sp³-hybridized carbons (Fsp3) is 0.375. The van der Waals surface area contributed by atoms with E-state index >= 15 is 0 Å². The predicted molar refractivity (Wildman–Crippen MR) is 75.7 cm³/mol. The van der Waals surface area contributed by atoms with Gasteiger partial charge in [0.2, 0.25) is 0 Å². The minimum absolute atomic E-state index is 0.0739. The van der Waals surface area contributed by atoms with Gasteiger partial charge in [-0.3, -0.25) is 9.98 Å². The number of pyridine rings is 1. The molecule has 3 rings (SSSR count). The summed E-state index contributed by atoms with van der Waals surface area (Å²) in [6.45, 7) is 8.74. The van der Waals surface area contributed by atoms with Crippen LogP contribution in [0.3, 0.4) is 0 Å². The number of hydrogen-bond acceptors (Lipinski definition) is 2. The van der Waals surface area contributed by atoms with Crippen molar-refractivity contribution in [3.8, 4) is 0 Å². The SMILES string of the molecule is CC1=CC=NC2(C)c3nccc(C)c3C=CC12C. The molecule has 2 atom stereocenters. The van der Waals surface area contributed by atoms with E-state index in [4.69, 9.17) is 4.99 Å². The minimum Gasteiger partial charge on any atom is -0.279 e. The highest BCUT2D eigenvalue weighted by Crippen LogP contribution is 2.53. The monoisotopic (exact) mass is 238 g/mol. The molecule has 0 radical (unpaired) electrons. The van der Waals surface area contributed by atoms with Crippen molar-refractivity contribution in [2.45, 2.75) is 33.2 Å². The van der Waals surface area contributed by atoms with Crippen LogP contribution in [0.25, 0.3) is 6.08 Å². The summed E-state index contributed by atoms with van der Waals surface area (Å²) in [4.78, 5) is 9.40. The van der Waals surface area contributed by atoms with E-state index in [1.807, 2.05) is 12.4 Å². The highest BCUT2D eigenvalue weighted by molar-refractivity contribution is 5.77. The molecular formula is C16H18N2. The summed E-state index contributed by atoms with van der Waals surface area (Å²) in [5.41, 5.74) is 4.56. The maximum absolute atomic E-state index is 4.77. The van der Waals surface area contributed by atoms with Gasteiger partial charge in [-0.05, 0) is 45.4 Å². The van der Waals surface area contributed by atoms with E-state index in [-0.39, 0.29) is 11.0 Å². The Bertz CT molecular complexity index is 610. The predicted octanol–water partition coefficient (Wildman–Crippen LogP) is 3.67. The zero-order chi connectivity index (χ0) is 13.0. The molecule has 1 aromatic rings. The zero-order valence-electron chi connectivity index (χ0n) is 11.4. The first-order chi connectivity index (χ1) is 8.49. The molecule has 0 N–H and O–H groups in total. The third-order valence-corrected chi connectivity index (χ3v) is 4.74. The molecule has 1 aromatic heterocycles. The van der Waals surface area contributed by atoms with Gasteiger partial charge >= 0.3 is 0 Å². The van der Waals surface area contributed by atoms with Crippen molar-refractivity contribution in [3.05, 3.63) is 46.8 Å². The fourth-order valence-corrected chi connectivity index (χ4v) is 3.01. The molecule has 2 nitrogen and oxygen atoms in total. The molecule has 0 bridgehead atoms. The van der Waals surface area contributed by atoms with Gasteiger partial charge in [-0.15, -0.1) is 0 Å². The number of hydrogen-bond donors (Lipinski definition) is 0. The summed E-state index contributed by atoms with van der Waals surface area (Å²) in [7, 11) is 0. The average molecular weight is 238 g/mol. The van der Waals surface area contributed by atoms with E-state index < -0.39 is 0 Å². The molecule has 92 valence electrons. The molecule has 0 saturated heterocycles. The second-order valence-corrected chi connectivity index (χ2v) is 5.63. The lowest BCUT2D eigenvalue weighted by atomic mass is 9.61. The van der Waals surface area contributed by atoms with E-state index in [1.165, 1.54) is 16.7 Å². The Morgan fingerprint density at radius 1 is 1.17 bits per heavy atom. The number of fused-ring (bicyclic) bond motifs is 3. The number of rotatable bonds is 0. The van der Waals surface area contributed by atoms with Gasteiger partial charge < -0.3 is 0 Å². The molecule has 2 heterocycles. The van der Waals surface area contributed by atoms with Crippen molar-refractivity contribution in [1.29, 1.82) is 0 Å². The number of aliphatic imine (C=N–C) groups is 1. The van der Waals surface area contributed by atoms with Gasteiger partial charge in [0.1, 0.15) is 5.54 Å². The van der Waals surface area contributed by atoms with Crippen LogP contribution in [0.1, 0.15) is 37.6 Å². The zero-order valence-corrected chi connectivity index (χ0v) is 11.4. The topological polar surface area (TPSA) is 25.2 Å². The third kappa shape index (κ3) is 1.18. The van der Waals surface area contributed by atoms with Crippen molar-refractivity contribution in [3.63, 3.8) is 0 Å². The summed E-state index contributed by atoms with van der Waals surface area (Å²) in [5.74, 6) is 0. The molecule has 1 aliphatic heterocycles. The molecule has 1 aliphatic carbocycles. The van der Waals surface area contributed by atoms with Gasteiger partial charge in [0.05, 0.1) is 5.69 Å². The lowest BCUT2D eigenvalue weighted by Gasteiger charge is -2.47. The number of nitrogens with zero attached hydrogens (tertiary/aromatic N) is 2. The highest BCUT2D eigenvalue weighted by atomic mass is 14.9. The van der Waals surface area contributed by atoms with Crippen LogP contribution in [-0.2, 0) is 5.54 Å². The van der Waals surface area contributed by atoms with E-state index in [2.05, 4.69) is 57.0 Å². The Kier molecular flexibility index (Phi) is 2.16. The van der Waals surface area contributed by atoms with Gasteiger partial charge in [0.25, 0.3) is 0 Å². The molecule has 0 aromatic carbocycles. The van der Waals surface area contributed by atoms with Crippen LogP contribution in [0.15, 0.2) is 35.0 Å². The minimum atomic E-state index is -0.290. The molecular weight excluding hydrogens is 220 g/mol. The third-order valence-electron chi connectivity index (χ3n) is 4.74. The quantitative estimate of drug-likeness (QED) is 0.677. The summed E-state index contributed by atoms with van der Waals surface area (Å²) in [6, 6.07) is 2.06. The van der Waals surface area contributed by atoms with Crippen molar-refractivity contribution < 1.29 is 0 Å². The first-order valence-corrected chi connectivity index (χ1v) is 6.37. The standard InChI is InChI=1S/C16H18N2/c1-11-6-9-17-14-13(11)5-8-15(3)12(2)7-10-18-16(14,15)4/h5-10H,1-4H3. The Hall–Kier alpha value is -1.70. The van der Waals surface area contributed by atoms with Crippen LogP contribution in [0.4, 0.5) is 0 Å². The van der Waals surface area contributed by atoms with Gasteiger partial charge in [0, 0.05) is 23.4 Å². The molecule has 0 fully saturated rings. The molecule has 2 unspecified atom stereocenters. The Morgan fingerprint density at radius 2 is 1.94 bits per heavy atom. The normalized spacial score (nSPS) is 32.8. The second-order valence-electron chi connectivity index (χ2n) is 5.63. The van der Waals surface area contributed by atoms with Crippen molar-refractivity contribution in [2.24, 2.45) is 10.4 Å². The second kappa shape index (κ2) is 3.41. The van der Waals surface area contributed by atoms with Gasteiger partial charge in [-0.25, -0.2) is 0 Å². The maximum Gasteiger partial charge on any atom is 0.113 e.